The van der Waals surface area contributed by atoms with Crippen LogP contribution in [0.3, 0.4) is 0 Å². The third-order valence-corrected chi connectivity index (χ3v) is 5.54. The number of hydrogen-bond acceptors (Lipinski definition) is 5. The van der Waals surface area contributed by atoms with E-state index in [4.69, 9.17) is 0 Å². The number of anilines is 1. The Morgan fingerprint density at radius 3 is 2.60 bits per heavy atom. The number of nitrogens with one attached hydrogen (secondary N) is 2. The molecule has 0 amide bonds. The molecule has 0 fully saturated rings. The highest BCUT2D eigenvalue weighted by Gasteiger charge is 2.22. The van der Waals surface area contributed by atoms with Crippen LogP contribution >= 0.6 is 0 Å². The fourth-order valence-corrected chi connectivity index (χ4v) is 4.06. The van der Waals surface area contributed by atoms with Gasteiger partial charge in [0.1, 0.15) is 5.82 Å². The SMILES string of the molecule is CC1Cc2c(-c3ccc(S(=O)(=O)NCC(C)(C)O)cc3)ccnc2N1. The molecule has 2 heterocycles. The van der Waals surface area contributed by atoms with Crippen molar-refractivity contribution in [1.82, 2.24) is 9.71 Å². The van der Waals surface area contributed by atoms with Crippen LogP contribution in [0.5, 0.6) is 0 Å². The molecule has 1 aliphatic heterocycles. The van der Waals surface area contributed by atoms with Gasteiger partial charge in [-0.05, 0) is 56.5 Å². The topological polar surface area (TPSA) is 91.3 Å². The van der Waals surface area contributed by atoms with Crippen molar-refractivity contribution in [2.75, 3.05) is 11.9 Å². The molecule has 0 radical (unpaired) electrons. The highest BCUT2D eigenvalue weighted by atomic mass is 32.2. The molecule has 0 saturated heterocycles. The van der Waals surface area contributed by atoms with Crippen LogP contribution in [-0.4, -0.2) is 36.7 Å². The van der Waals surface area contributed by atoms with Crippen molar-refractivity contribution in [3.05, 3.63) is 42.1 Å². The van der Waals surface area contributed by atoms with Crippen LogP contribution in [0.1, 0.15) is 26.3 Å². The van der Waals surface area contributed by atoms with E-state index in [1.165, 1.54) is 0 Å². The molecule has 6 nitrogen and oxygen atoms in total. The van der Waals surface area contributed by atoms with Gasteiger partial charge in [0, 0.05) is 24.3 Å². The van der Waals surface area contributed by atoms with Crippen molar-refractivity contribution in [1.29, 1.82) is 0 Å². The summed E-state index contributed by atoms with van der Waals surface area (Å²) in [6.07, 6.45) is 2.65. The largest absolute Gasteiger partial charge is 0.389 e. The van der Waals surface area contributed by atoms with Crippen LogP contribution in [0.2, 0.25) is 0 Å². The molecule has 2 aromatic rings. The summed E-state index contributed by atoms with van der Waals surface area (Å²) in [7, 11) is -3.65. The molecule has 3 N–H and O–H groups in total. The standard InChI is InChI=1S/C18H23N3O3S/c1-12-10-16-15(8-9-19-17(16)21-12)13-4-6-14(7-5-13)25(23,24)20-11-18(2,3)22/h4-9,12,20,22H,10-11H2,1-3H3,(H,19,21). The average Bonchev–Trinajstić information content (AvgIpc) is 2.93. The third-order valence-electron chi connectivity index (χ3n) is 4.12. The number of benzene rings is 1. The molecule has 1 aromatic carbocycles. The first-order valence-corrected chi connectivity index (χ1v) is 9.71. The van der Waals surface area contributed by atoms with E-state index >= 15 is 0 Å². The quantitative estimate of drug-likeness (QED) is 0.759. The van der Waals surface area contributed by atoms with E-state index < -0.39 is 15.6 Å². The molecule has 0 saturated carbocycles. The maximum Gasteiger partial charge on any atom is 0.240 e. The van der Waals surface area contributed by atoms with Crippen LogP contribution in [0.25, 0.3) is 11.1 Å². The van der Waals surface area contributed by atoms with E-state index in [0.717, 1.165) is 28.9 Å². The van der Waals surface area contributed by atoms with Crippen molar-refractivity contribution in [3.8, 4) is 11.1 Å². The maximum absolute atomic E-state index is 12.3. The second kappa shape index (κ2) is 6.40. The zero-order valence-corrected chi connectivity index (χ0v) is 15.4. The monoisotopic (exact) mass is 361 g/mol. The van der Waals surface area contributed by atoms with Crippen molar-refractivity contribution < 1.29 is 13.5 Å². The van der Waals surface area contributed by atoms with Gasteiger partial charge < -0.3 is 10.4 Å². The van der Waals surface area contributed by atoms with Gasteiger partial charge in [-0.15, -0.1) is 0 Å². The smallest absolute Gasteiger partial charge is 0.240 e. The summed E-state index contributed by atoms with van der Waals surface area (Å²) in [6.45, 7) is 5.17. The van der Waals surface area contributed by atoms with E-state index in [1.807, 2.05) is 6.07 Å². The lowest BCUT2D eigenvalue weighted by atomic mass is 9.99. The first-order valence-electron chi connectivity index (χ1n) is 8.23. The first kappa shape index (κ1) is 17.8. The molecule has 1 unspecified atom stereocenters. The Balaban J connectivity index is 1.86. The van der Waals surface area contributed by atoms with E-state index in [-0.39, 0.29) is 11.4 Å². The van der Waals surface area contributed by atoms with Gasteiger partial charge in [0.25, 0.3) is 0 Å². The lowest BCUT2D eigenvalue weighted by Crippen LogP contribution is -2.38. The molecule has 0 aliphatic carbocycles. The molecular weight excluding hydrogens is 338 g/mol. The van der Waals surface area contributed by atoms with Gasteiger partial charge in [-0.1, -0.05) is 12.1 Å². The van der Waals surface area contributed by atoms with Gasteiger partial charge in [0.15, 0.2) is 0 Å². The van der Waals surface area contributed by atoms with Crippen LogP contribution in [0, 0.1) is 0 Å². The van der Waals surface area contributed by atoms with Crippen LogP contribution in [0.15, 0.2) is 41.4 Å². The molecular formula is C18H23N3O3S. The van der Waals surface area contributed by atoms with Gasteiger partial charge in [-0.3, -0.25) is 0 Å². The summed E-state index contributed by atoms with van der Waals surface area (Å²) >= 11 is 0. The number of hydrogen-bond donors (Lipinski definition) is 3. The summed E-state index contributed by atoms with van der Waals surface area (Å²) < 4.78 is 27.1. The molecule has 25 heavy (non-hydrogen) atoms. The Labute approximate surface area is 148 Å². The molecule has 0 spiro atoms. The van der Waals surface area contributed by atoms with Crippen molar-refractivity contribution in [3.63, 3.8) is 0 Å². The Bertz CT molecular complexity index is 871. The number of fused-ring (bicyclic) bond motifs is 1. The zero-order chi connectivity index (χ0) is 18.2. The molecule has 3 rings (SSSR count). The summed E-state index contributed by atoms with van der Waals surface area (Å²) in [4.78, 5) is 4.54. The second-order valence-electron chi connectivity index (χ2n) is 7.10. The van der Waals surface area contributed by atoms with Crippen molar-refractivity contribution in [2.24, 2.45) is 0 Å². The van der Waals surface area contributed by atoms with Gasteiger partial charge >= 0.3 is 0 Å². The predicted molar refractivity (Wildman–Crippen MR) is 97.9 cm³/mol. The number of pyridine rings is 1. The molecule has 7 heteroatoms. The summed E-state index contributed by atoms with van der Waals surface area (Å²) in [6, 6.07) is 9.07. The predicted octanol–water partition coefficient (Wildman–Crippen LogP) is 2.15. The van der Waals surface area contributed by atoms with Crippen molar-refractivity contribution in [2.45, 2.75) is 43.7 Å². The molecule has 0 bridgehead atoms. The van der Waals surface area contributed by atoms with Crippen LogP contribution < -0.4 is 10.0 Å². The lowest BCUT2D eigenvalue weighted by Gasteiger charge is -2.17. The third kappa shape index (κ3) is 4.00. The normalized spacial score (nSPS) is 17.2. The van der Waals surface area contributed by atoms with Gasteiger partial charge in [-0.2, -0.15) is 0 Å². The molecule has 1 atom stereocenters. The summed E-state index contributed by atoms with van der Waals surface area (Å²) in [5.41, 5.74) is 2.07. The minimum absolute atomic E-state index is 0.0431. The summed E-state index contributed by atoms with van der Waals surface area (Å²) in [5.74, 6) is 0.897. The number of sulfonamides is 1. The van der Waals surface area contributed by atoms with E-state index in [2.05, 4.69) is 21.9 Å². The Hall–Kier alpha value is -1.96. The maximum atomic E-state index is 12.3. The summed E-state index contributed by atoms with van der Waals surface area (Å²) in [5, 5.41) is 13.0. The minimum atomic E-state index is -3.65. The fraction of sp³-hybridized carbons (Fsp3) is 0.389. The van der Waals surface area contributed by atoms with E-state index in [1.54, 1.807) is 44.3 Å². The number of aromatic nitrogens is 1. The average molecular weight is 361 g/mol. The van der Waals surface area contributed by atoms with Gasteiger partial charge in [0.2, 0.25) is 10.0 Å². The van der Waals surface area contributed by atoms with Crippen molar-refractivity contribution >= 4 is 15.8 Å². The second-order valence-corrected chi connectivity index (χ2v) is 8.86. The molecule has 1 aromatic heterocycles. The number of aliphatic hydroxyl groups is 1. The zero-order valence-electron chi connectivity index (χ0n) is 14.6. The lowest BCUT2D eigenvalue weighted by molar-refractivity contribution is 0.0857. The number of rotatable bonds is 5. The van der Waals surface area contributed by atoms with Gasteiger partial charge in [-0.25, -0.2) is 18.1 Å². The number of nitrogens with zero attached hydrogens (tertiary/aromatic N) is 1. The molecule has 134 valence electrons. The highest BCUT2D eigenvalue weighted by molar-refractivity contribution is 7.89. The van der Waals surface area contributed by atoms with Gasteiger partial charge in [0.05, 0.1) is 10.5 Å². The van der Waals surface area contributed by atoms with E-state index in [9.17, 15) is 13.5 Å². The van der Waals surface area contributed by atoms with Crippen LogP contribution in [0.4, 0.5) is 5.82 Å². The Morgan fingerprint density at radius 2 is 1.96 bits per heavy atom. The first-order chi connectivity index (χ1) is 11.7. The Morgan fingerprint density at radius 1 is 1.28 bits per heavy atom. The fourth-order valence-electron chi connectivity index (χ4n) is 2.85. The highest BCUT2D eigenvalue weighted by Crippen LogP contribution is 2.33. The minimum Gasteiger partial charge on any atom is -0.389 e. The van der Waals surface area contributed by atoms with Crippen LogP contribution in [-0.2, 0) is 16.4 Å². The van der Waals surface area contributed by atoms with E-state index in [0.29, 0.717) is 6.04 Å². The molecule has 1 aliphatic rings. The Kier molecular flexibility index (Phi) is 4.57.